The predicted molar refractivity (Wildman–Crippen MR) is 76.3 cm³/mol. The van der Waals surface area contributed by atoms with E-state index in [-0.39, 0.29) is 5.22 Å². The van der Waals surface area contributed by atoms with E-state index in [2.05, 4.69) is 6.92 Å². The van der Waals surface area contributed by atoms with Crippen molar-refractivity contribution in [1.29, 1.82) is 0 Å². The van der Waals surface area contributed by atoms with Crippen molar-refractivity contribution in [3.05, 3.63) is 0 Å². The van der Waals surface area contributed by atoms with Crippen LogP contribution in [0.4, 0.5) is 0 Å². The zero-order chi connectivity index (χ0) is 13.9. The molecule has 3 unspecified atom stereocenters. The van der Waals surface area contributed by atoms with Crippen molar-refractivity contribution in [1.82, 2.24) is 0 Å². The SMILES string of the molecule is CCC(CC1CO1)C1(OC)CCCC[Si]1(OC)OC. The second-order valence-corrected chi connectivity index (χ2v) is 9.43. The van der Waals surface area contributed by atoms with Crippen LogP contribution in [-0.2, 0) is 18.3 Å². The fourth-order valence-corrected chi connectivity index (χ4v) is 8.15. The van der Waals surface area contributed by atoms with E-state index in [1.54, 1.807) is 14.2 Å². The van der Waals surface area contributed by atoms with Crippen LogP contribution in [0.15, 0.2) is 0 Å². The van der Waals surface area contributed by atoms with Gasteiger partial charge in [-0.2, -0.15) is 0 Å². The van der Waals surface area contributed by atoms with Gasteiger partial charge in [-0.05, 0) is 24.8 Å². The van der Waals surface area contributed by atoms with E-state index in [1.807, 2.05) is 7.11 Å². The summed E-state index contributed by atoms with van der Waals surface area (Å²) >= 11 is 0. The van der Waals surface area contributed by atoms with Gasteiger partial charge in [0.15, 0.2) is 0 Å². The van der Waals surface area contributed by atoms with Gasteiger partial charge in [-0.3, -0.25) is 0 Å². The van der Waals surface area contributed by atoms with Crippen molar-refractivity contribution in [3.63, 3.8) is 0 Å². The van der Waals surface area contributed by atoms with Gasteiger partial charge in [0.2, 0.25) is 0 Å². The number of hydrogen-bond donors (Lipinski definition) is 0. The fraction of sp³-hybridized carbons (Fsp3) is 1.00. The number of hydrogen-bond acceptors (Lipinski definition) is 4. The van der Waals surface area contributed by atoms with Crippen molar-refractivity contribution in [2.45, 2.75) is 56.4 Å². The number of methoxy groups -OCH3 is 1. The Labute approximate surface area is 118 Å². The molecule has 2 fully saturated rings. The van der Waals surface area contributed by atoms with Gasteiger partial charge in [0.05, 0.1) is 12.7 Å². The van der Waals surface area contributed by atoms with Gasteiger partial charge in [0.25, 0.3) is 0 Å². The Kier molecular flexibility index (Phi) is 5.06. The van der Waals surface area contributed by atoms with E-state index in [4.69, 9.17) is 18.3 Å². The van der Waals surface area contributed by atoms with Gasteiger partial charge in [-0.25, -0.2) is 0 Å². The molecule has 0 spiro atoms. The molecule has 19 heavy (non-hydrogen) atoms. The highest BCUT2D eigenvalue weighted by Gasteiger charge is 2.62. The van der Waals surface area contributed by atoms with Crippen molar-refractivity contribution in [3.8, 4) is 0 Å². The predicted octanol–water partition coefficient (Wildman–Crippen LogP) is 2.64. The van der Waals surface area contributed by atoms with E-state index in [0.29, 0.717) is 12.0 Å². The smallest absolute Gasteiger partial charge is 0.371 e. The monoisotopic (exact) mass is 288 g/mol. The van der Waals surface area contributed by atoms with Crippen LogP contribution in [0.2, 0.25) is 6.04 Å². The highest BCUT2D eigenvalue weighted by Crippen LogP contribution is 2.47. The van der Waals surface area contributed by atoms with E-state index in [1.165, 1.54) is 12.8 Å². The lowest BCUT2D eigenvalue weighted by Gasteiger charge is -2.51. The van der Waals surface area contributed by atoms with Crippen LogP contribution in [0.3, 0.4) is 0 Å². The molecule has 0 aromatic heterocycles. The molecule has 0 aromatic carbocycles. The van der Waals surface area contributed by atoms with Gasteiger partial charge in [-0.1, -0.05) is 26.2 Å². The van der Waals surface area contributed by atoms with Crippen molar-refractivity contribution in [2.75, 3.05) is 27.9 Å². The molecule has 2 aliphatic rings. The number of ether oxygens (including phenoxy) is 2. The molecular formula is C14H28O4Si. The minimum Gasteiger partial charge on any atom is -0.396 e. The second-order valence-electron chi connectivity index (χ2n) is 5.76. The first kappa shape index (κ1) is 15.4. The third kappa shape index (κ3) is 2.63. The van der Waals surface area contributed by atoms with Crippen LogP contribution in [0.5, 0.6) is 0 Å². The Hall–Kier alpha value is 0.0569. The second kappa shape index (κ2) is 6.22. The molecule has 5 heteroatoms. The summed E-state index contributed by atoms with van der Waals surface area (Å²) in [4.78, 5) is 0. The Morgan fingerprint density at radius 1 is 1.26 bits per heavy atom. The van der Waals surface area contributed by atoms with Crippen LogP contribution in [0.25, 0.3) is 0 Å². The third-order valence-corrected chi connectivity index (χ3v) is 9.56. The van der Waals surface area contributed by atoms with Gasteiger partial charge in [-0.15, -0.1) is 0 Å². The summed E-state index contributed by atoms with van der Waals surface area (Å²) < 4.78 is 23.5. The average molecular weight is 288 g/mol. The molecule has 0 radical (unpaired) electrons. The first-order valence-electron chi connectivity index (χ1n) is 7.45. The summed E-state index contributed by atoms with van der Waals surface area (Å²) in [5.74, 6) is 0.469. The first-order chi connectivity index (χ1) is 9.18. The average Bonchev–Trinajstić information content (AvgIpc) is 3.28. The highest BCUT2D eigenvalue weighted by atomic mass is 28.4. The molecule has 0 bridgehead atoms. The van der Waals surface area contributed by atoms with Gasteiger partial charge in [0, 0.05) is 21.3 Å². The molecular weight excluding hydrogens is 260 g/mol. The largest absolute Gasteiger partial charge is 0.396 e. The van der Waals surface area contributed by atoms with Crippen LogP contribution in [0.1, 0.15) is 39.0 Å². The molecule has 2 heterocycles. The minimum absolute atomic E-state index is 0.213. The Bertz CT molecular complexity index is 291. The Balaban J connectivity index is 2.28. The van der Waals surface area contributed by atoms with Gasteiger partial charge in [0.1, 0.15) is 5.22 Å². The van der Waals surface area contributed by atoms with Gasteiger partial charge < -0.3 is 18.3 Å². The topological polar surface area (TPSA) is 40.2 Å². The quantitative estimate of drug-likeness (QED) is 0.533. The molecule has 2 aliphatic heterocycles. The molecule has 0 aliphatic carbocycles. The van der Waals surface area contributed by atoms with Crippen LogP contribution >= 0.6 is 0 Å². The highest BCUT2D eigenvalue weighted by molar-refractivity contribution is 6.70. The van der Waals surface area contributed by atoms with Crippen molar-refractivity contribution >= 4 is 8.56 Å². The molecule has 2 saturated heterocycles. The molecule has 0 aromatic rings. The zero-order valence-electron chi connectivity index (χ0n) is 12.7. The Morgan fingerprint density at radius 3 is 2.42 bits per heavy atom. The molecule has 2 rings (SSSR count). The third-order valence-electron chi connectivity index (χ3n) is 5.07. The zero-order valence-corrected chi connectivity index (χ0v) is 13.7. The molecule has 0 saturated carbocycles. The maximum atomic E-state index is 6.11. The van der Waals surface area contributed by atoms with Crippen LogP contribution in [0, 0.1) is 5.92 Å². The summed E-state index contributed by atoms with van der Waals surface area (Å²) in [5.41, 5.74) is 0. The van der Waals surface area contributed by atoms with Gasteiger partial charge >= 0.3 is 8.56 Å². The summed E-state index contributed by atoms with van der Waals surface area (Å²) in [5, 5.41) is -0.213. The van der Waals surface area contributed by atoms with E-state index < -0.39 is 8.56 Å². The summed E-state index contributed by atoms with van der Waals surface area (Å²) in [7, 11) is 3.13. The minimum atomic E-state index is -2.31. The number of epoxide rings is 1. The standard InChI is InChI=1S/C14H28O4Si/c1-5-12(10-13-11-18-13)14(15-2)8-6-7-9-19(14,16-3)17-4/h12-13H,5-11H2,1-4H3. The lowest BCUT2D eigenvalue weighted by atomic mass is 9.89. The van der Waals surface area contributed by atoms with E-state index in [9.17, 15) is 0 Å². The molecule has 112 valence electrons. The maximum Gasteiger partial charge on any atom is 0.371 e. The lowest BCUT2D eigenvalue weighted by Crippen LogP contribution is -2.68. The molecule has 0 N–H and O–H groups in total. The van der Waals surface area contributed by atoms with Crippen LogP contribution < -0.4 is 0 Å². The molecule has 0 amide bonds. The van der Waals surface area contributed by atoms with Crippen molar-refractivity contribution in [2.24, 2.45) is 5.92 Å². The normalized spacial score (nSPS) is 35.1. The summed E-state index contributed by atoms with van der Waals surface area (Å²) in [6, 6.07) is 1.04. The summed E-state index contributed by atoms with van der Waals surface area (Å²) in [6.07, 6.45) is 6.05. The van der Waals surface area contributed by atoms with Crippen molar-refractivity contribution < 1.29 is 18.3 Å². The maximum absolute atomic E-state index is 6.11. The summed E-state index contributed by atoms with van der Waals surface area (Å²) in [6.45, 7) is 3.15. The number of rotatable bonds is 7. The first-order valence-corrected chi connectivity index (χ1v) is 9.47. The van der Waals surface area contributed by atoms with E-state index >= 15 is 0 Å². The fourth-order valence-electron chi connectivity index (χ4n) is 3.93. The van der Waals surface area contributed by atoms with Crippen LogP contribution in [-0.4, -0.2) is 47.8 Å². The molecule has 4 nitrogen and oxygen atoms in total. The van der Waals surface area contributed by atoms with E-state index in [0.717, 1.165) is 31.9 Å². The lowest BCUT2D eigenvalue weighted by molar-refractivity contribution is -0.0548. The Morgan fingerprint density at radius 2 is 1.95 bits per heavy atom. The molecule has 3 atom stereocenters.